The SMILES string of the molecule is NC(=O)[C@@H]1CN(Cc2ccc3ccccc3n2)CCO1. The number of hydrogen-bond acceptors (Lipinski definition) is 4. The summed E-state index contributed by atoms with van der Waals surface area (Å²) in [5.74, 6) is -0.402. The number of carbonyl (C=O) groups excluding carboxylic acids is 1. The molecule has 1 aliphatic heterocycles. The van der Waals surface area contributed by atoms with Gasteiger partial charge in [0.2, 0.25) is 5.91 Å². The minimum Gasteiger partial charge on any atom is -0.367 e. The molecule has 0 bridgehead atoms. The van der Waals surface area contributed by atoms with E-state index in [1.54, 1.807) is 0 Å². The van der Waals surface area contributed by atoms with Crippen LogP contribution in [0.15, 0.2) is 36.4 Å². The van der Waals surface area contributed by atoms with Gasteiger partial charge in [0.1, 0.15) is 6.10 Å². The summed E-state index contributed by atoms with van der Waals surface area (Å²) in [5, 5.41) is 1.13. The summed E-state index contributed by atoms with van der Waals surface area (Å²) in [5.41, 5.74) is 7.28. The zero-order valence-electron chi connectivity index (χ0n) is 11.2. The van der Waals surface area contributed by atoms with E-state index in [0.29, 0.717) is 19.7 Å². The molecule has 3 rings (SSSR count). The molecule has 1 atom stereocenters. The second-order valence-electron chi connectivity index (χ2n) is 4.99. The van der Waals surface area contributed by atoms with Gasteiger partial charge in [0, 0.05) is 25.0 Å². The van der Waals surface area contributed by atoms with Gasteiger partial charge in [-0.05, 0) is 12.1 Å². The molecule has 1 aliphatic rings. The number of amides is 1. The maximum Gasteiger partial charge on any atom is 0.247 e. The largest absolute Gasteiger partial charge is 0.367 e. The van der Waals surface area contributed by atoms with Crippen molar-refractivity contribution in [3.8, 4) is 0 Å². The fourth-order valence-corrected chi connectivity index (χ4v) is 2.44. The average Bonchev–Trinajstić information content (AvgIpc) is 2.47. The van der Waals surface area contributed by atoms with Gasteiger partial charge in [0.15, 0.2) is 0 Å². The summed E-state index contributed by atoms with van der Waals surface area (Å²) in [6, 6.07) is 12.1. The van der Waals surface area contributed by atoms with E-state index in [-0.39, 0.29) is 0 Å². The highest BCUT2D eigenvalue weighted by Crippen LogP contribution is 2.14. The van der Waals surface area contributed by atoms with Gasteiger partial charge < -0.3 is 10.5 Å². The van der Waals surface area contributed by atoms with Crippen LogP contribution in [-0.2, 0) is 16.1 Å². The summed E-state index contributed by atoms with van der Waals surface area (Å²) in [6.45, 7) is 2.56. The van der Waals surface area contributed by atoms with Crippen LogP contribution in [0.3, 0.4) is 0 Å². The zero-order chi connectivity index (χ0) is 13.9. The number of aromatic nitrogens is 1. The Morgan fingerprint density at radius 3 is 3.05 bits per heavy atom. The van der Waals surface area contributed by atoms with Gasteiger partial charge in [-0.25, -0.2) is 0 Å². The van der Waals surface area contributed by atoms with Gasteiger partial charge in [-0.3, -0.25) is 14.7 Å². The number of para-hydroxylation sites is 1. The van der Waals surface area contributed by atoms with Crippen molar-refractivity contribution < 1.29 is 9.53 Å². The lowest BCUT2D eigenvalue weighted by atomic mass is 10.2. The molecular formula is C15H17N3O2. The molecule has 2 heterocycles. The second kappa shape index (κ2) is 5.56. The number of ether oxygens (including phenoxy) is 1. The third-order valence-electron chi connectivity index (χ3n) is 3.51. The molecule has 1 saturated heterocycles. The van der Waals surface area contributed by atoms with Gasteiger partial charge in [-0.15, -0.1) is 0 Å². The molecule has 1 aromatic heterocycles. The predicted molar refractivity (Wildman–Crippen MR) is 76.0 cm³/mol. The number of morpholine rings is 1. The molecule has 1 fully saturated rings. The highest BCUT2D eigenvalue weighted by atomic mass is 16.5. The highest BCUT2D eigenvalue weighted by Gasteiger charge is 2.24. The van der Waals surface area contributed by atoms with Crippen molar-refractivity contribution in [2.24, 2.45) is 5.73 Å². The molecule has 20 heavy (non-hydrogen) atoms. The van der Waals surface area contributed by atoms with Crippen molar-refractivity contribution in [1.29, 1.82) is 0 Å². The van der Waals surface area contributed by atoms with E-state index in [0.717, 1.165) is 23.1 Å². The Kier molecular flexibility index (Phi) is 3.62. The Morgan fingerprint density at radius 1 is 1.35 bits per heavy atom. The average molecular weight is 271 g/mol. The Morgan fingerprint density at radius 2 is 2.20 bits per heavy atom. The Hall–Kier alpha value is -1.98. The molecular weight excluding hydrogens is 254 g/mol. The number of benzene rings is 1. The van der Waals surface area contributed by atoms with Crippen molar-refractivity contribution in [3.63, 3.8) is 0 Å². The summed E-state index contributed by atoms with van der Waals surface area (Å²) >= 11 is 0. The minimum absolute atomic E-state index is 0.402. The second-order valence-corrected chi connectivity index (χ2v) is 4.99. The van der Waals surface area contributed by atoms with Crippen LogP contribution >= 0.6 is 0 Å². The molecule has 1 aromatic carbocycles. The summed E-state index contributed by atoms with van der Waals surface area (Å²) in [4.78, 5) is 18.0. The van der Waals surface area contributed by atoms with Crippen LogP contribution in [0.5, 0.6) is 0 Å². The number of nitrogens with two attached hydrogens (primary N) is 1. The molecule has 2 N–H and O–H groups in total. The van der Waals surface area contributed by atoms with Crippen LogP contribution < -0.4 is 5.73 Å². The Labute approximate surface area is 117 Å². The first-order chi connectivity index (χ1) is 9.72. The zero-order valence-corrected chi connectivity index (χ0v) is 11.2. The first kappa shape index (κ1) is 13.0. The van der Waals surface area contributed by atoms with Crippen molar-refractivity contribution in [2.45, 2.75) is 12.6 Å². The summed E-state index contributed by atoms with van der Waals surface area (Å²) < 4.78 is 5.34. The highest BCUT2D eigenvalue weighted by molar-refractivity contribution is 5.79. The number of nitrogens with zero attached hydrogens (tertiary/aromatic N) is 2. The summed E-state index contributed by atoms with van der Waals surface area (Å²) in [7, 11) is 0. The molecule has 0 aliphatic carbocycles. The monoisotopic (exact) mass is 271 g/mol. The van der Waals surface area contributed by atoms with E-state index in [1.165, 1.54) is 0 Å². The lowest BCUT2D eigenvalue weighted by Crippen LogP contribution is -2.48. The van der Waals surface area contributed by atoms with Crippen LogP contribution in [0.25, 0.3) is 10.9 Å². The van der Waals surface area contributed by atoms with Crippen LogP contribution in [-0.4, -0.2) is 41.6 Å². The van der Waals surface area contributed by atoms with E-state index >= 15 is 0 Å². The number of rotatable bonds is 3. The van der Waals surface area contributed by atoms with E-state index in [9.17, 15) is 4.79 Å². The quantitative estimate of drug-likeness (QED) is 0.901. The summed E-state index contributed by atoms with van der Waals surface area (Å²) in [6.07, 6.45) is -0.510. The first-order valence-electron chi connectivity index (χ1n) is 6.70. The molecule has 104 valence electrons. The lowest BCUT2D eigenvalue weighted by Gasteiger charge is -2.30. The molecule has 0 radical (unpaired) electrons. The molecule has 5 nitrogen and oxygen atoms in total. The topological polar surface area (TPSA) is 68.5 Å². The van der Waals surface area contributed by atoms with E-state index < -0.39 is 12.0 Å². The lowest BCUT2D eigenvalue weighted by molar-refractivity contribution is -0.135. The van der Waals surface area contributed by atoms with Gasteiger partial charge in [0.05, 0.1) is 17.8 Å². The normalized spacial score (nSPS) is 20.1. The third-order valence-corrected chi connectivity index (χ3v) is 3.51. The molecule has 1 amide bonds. The van der Waals surface area contributed by atoms with E-state index in [1.807, 2.05) is 30.3 Å². The molecule has 0 saturated carbocycles. The Balaban J connectivity index is 1.74. The smallest absolute Gasteiger partial charge is 0.247 e. The van der Waals surface area contributed by atoms with E-state index in [2.05, 4.69) is 16.0 Å². The number of pyridine rings is 1. The van der Waals surface area contributed by atoms with Crippen LogP contribution in [0.4, 0.5) is 0 Å². The van der Waals surface area contributed by atoms with Crippen LogP contribution in [0.1, 0.15) is 5.69 Å². The third kappa shape index (κ3) is 2.79. The number of hydrogen-bond donors (Lipinski definition) is 1. The van der Waals surface area contributed by atoms with Crippen molar-refractivity contribution in [3.05, 3.63) is 42.1 Å². The number of primary amides is 1. The molecule has 5 heteroatoms. The first-order valence-corrected chi connectivity index (χ1v) is 6.70. The molecule has 0 spiro atoms. The number of carbonyl (C=O) groups is 1. The van der Waals surface area contributed by atoms with Gasteiger partial charge in [-0.2, -0.15) is 0 Å². The standard InChI is InChI=1S/C15H17N3O2/c16-15(19)14-10-18(7-8-20-14)9-12-6-5-11-3-1-2-4-13(11)17-12/h1-6,14H,7-10H2,(H2,16,19)/t14-/m0/s1. The van der Waals surface area contributed by atoms with Crippen molar-refractivity contribution >= 4 is 16.8 Å². The maximum absolute atomic E-state index is 11.2. The van der Waals surface area contributed by atoms with Crippen molar-refractivity contribution in [2.75, 3.05) is 19.7 Å². The fraction of sp³-hybridized carbons (Fsp3) is 0.333. The molecule has 0 unspecified atom stereocenters. The van der Waals surface area contributed by atoms with E-state index in [4.69, 9.17) is 10.5 Å². The fourth-order valence-electron chi connectivity index (χ4n) is 2.44. The van der Waals surface area contributed by atoms with Crippen LogP contribution in [0, 0.1) is 0 Å². The van der Waals surface area contributed by atoms with Crippen molar-refractivity contribution in [1.82, 2.24) is 9.88 Å². The maximum atomic E-state index is 11.2. The van der Waals surface area contributed by atoms with Gasteiger partial charge in [0.25, 0.3) is 0 Å². The van der Waals surface area contributed by atoms with Crippen LogP contribution in [0.2, 0.25) is 0 Å². The predicted octanol–water partition coefficient (Wildman–Crippen LogP) is 0.921. The van der Waals surface area contributed by atoms with Gasteiger partial charge in [-0.1, -0.05) is 24.3 Å². The van der Waals surface area contributed by atoms with Gasteiger partial charge >= 0.3 is 0 Å². The molecule has 2 aromatic rings. The number of fused-ring (bicyclic) bond motifs is 1. The minimum atomic E-state index is -0.510. The Bertz CT molecular complexity index is 629.